The topological polar surface area (TPSA) is 3.24 Å². The second-order valence-corrected chi connectivity index (χ2v) is 3.60. The predicted octanol–water partition coefficient (Wildman–Crippen LogP) is 3.24. The fraction of sp³-hybridized carbons (Fsp3) is 0.900. The zero-order valence-corrected chi connectivity index (χ0v) is 9.41. The molecule has 0 saturated carbocycles. The van der Waals surface area contributed by atoms with Crippen LogP contribution in [-0.2, 0) is 0 Å². The zero-order valence-electron chi connectivity index (χ0n) is 8.60. The Kier molecular flexibility index (Phi) is 7.47. The minimum absolute atomic E-state index is 1.08. The second kappa shape index (κ2) is 7.53. The maximum Gasteiger partial charge on any atom is 0.0779 e. The Morgan fingerprint density at radius 3 is 1.83 bits per heavy atom. The van der Waals surface area contributed by atoms with Crippen LogP contribution in [0.4, 0.5) is 0 Å². The molecule has 0 saturated heterocycles. The van der Waals surface area contributed by atoms with Crippen LogP contribution in [0.25, 0.3) is 0 Å². The fourth-order valence-corrected chi connectivity index (χ4v) is 1.66. The molecule has 72 valence electrons. The van der Waals surface area contributed by atoms with Crippen molar-refractivity contribution in [1.29, 1.82) is 0 Å². The van der Waals surface area contributed by atoms with Crippen LogP contribution < -0.4 is 0 Å². The highest BCUT2D eigenvalue weighted by Gasteiger charge is 2.05. The first kappa shape index (κ1) is 11.9. The van der Waals surface area contributed by atoms with Crippen LogP contribution in [0.3, 0.4) is 0 Å². The van der Waals surface area contributed by atoms with E-state index in [2.05, 4.69) is 25.7 Å². The zero-order chi connectivity index (χ0) is 9.40. The second-order valence-electron chi connectivity index (χ2n) is 3.13. The van der Waals surface area contributed by atoms with Crippen LogP contribution in [0.1, 0.15) is 46.5 Å². The van der Waals surface area contributed by atoms with Crippen LogP contribution in [0.2, 0.25) is 0 Å². The van der Waals surface area contributed by atoms with Gasteiger partial charge in [0.1, 0.15) is 0 Å². The average molecular weight is 187 g/mol. The van der Waals surface area contributed by atoms with Gasteiger partial charge in [-0.05, 0) is 25.7 Å². The van der Waals surface area contributed by atoms with E-state index >= 15 is 0 Å². The molecular formula is C10H21NS. The minimum Gasteiger partial charge on any atom is -0.366 e. The molecule has 0 aliphatic rings. The van der Waals surface area contributed by atoms with E-state index in [1.807, 2.05) is 0 Å². The Balaban J connectivity index is 3.81. The molecule has 0 fully saturated rings. The summed E-state index contributed by atoms with van der Waals surface area (Å²) in [6, 6.07) is 0. The van der Waals surface area contributed by atoms with Crippen molar-refractivity contribution in [3.63, 3.8) is 0 Å². The van der Waals surface area contributed by atoms with Crippen molar-refractivity contribution in [3.8, 4) is 0 Å². The van der Waals surface area contributed by atoms with E-state index in [1.165, 1.54) is 19.3 Å². The molecule has 0 N–H and O–H groups in total. The van der Waals surface area contributed by atoms with E-state index in [-0.39, 0.29) is 0 Å². The lowest BCUT2D eigenvalue weighted by Crippen LogP contribution is -2.30. The first-order valence-corrected chi connectivity index (χ1v) is 5.44. The summed E-state index contributed by atoms with van der Waals surface area (Å²) in [6.45, 7) is 8.86. The molecule has 0 aliphatic carbocycles. The van der Waals surface area contributed by atoms with Crippen molar-refractivity contribution in [2.75, 3.05) is 13.1 Å². The lowest BCUT2D eigenvalue weighted by molar-refractivity contribution is 0.415. The van der Waals surface area contributed by atoms with Gasteiger partial charge >= 0.3 is 0 Å². The number of nitrogens with zero attached hydrogens (tertiary/aromatic N) is 1. The molecule has 12 heavy (non-hydrogen) atoms. The predicted molar refractivity (Wildman–Crippen MR) is 59.7 cm³/mol. The maximum atomic E-state index is 5.33. The minimum atomic E-state index is 1.08. The molecule has 0 aromatic carbocycles. The highest BCUT2D eigenvalue weighted by molar-refractivity contribution is 7.80. The summed E-state index contributed by atoms with van der Waals surface area (Å²) >= 11 is 5.33. The molecule has 1 nitrogen and oxygen atoms in total. The first-order chi connectivity index (χ1) is 5.76. The molecule has 0 unspecified atom stereocenters. The van der Waals surface area contributed by atoms with Gasteiger partial charge in [0, 0.05) is 13.1 Å². The van der Waals surface area contributed by atoms with Crippen molar-refractivity contribution >= 4 is 17.2 Å². The monoisotopic (exact) mass is 187 g/mol. The summed E-state index contributed by atoms with van der Waals surface area (Å²) < 4.78 is 0. The Morgan fingerprint density at radius 2 is 1.50 bits per heavy atom. The molecule has 0 atom stereocenters. The van der Waals surface area contributed by atoms with Crippen LogP contribution >= 0.6 is 12.2 Å². The molecule has 0 aromatic rings. The van der Waals surface area contributed by atoms with Gasteiger partial charge in [0.2, 0.25) is 0 Å². The van der Waals surface area contributed by atoms with Crippen LogP contribution in [0.15, 0.2) is 0 Å². The quantitative estimate of drug-likeness (QED) is 0.587. The van der Waals surface area contributed by atoms with E-state index in [4.69, 9.17) is 12.2 Å². The number of thiocarbonyl (C=S) groups is 1. The first-order valence-electron chi connectivity index (χ1n) is 5.04. The van der Waals surface area contributed by atoms with Crippen LogP contribution in [0.5, 0.6) is 0 Å². The lowest BCUT2D eigenvalue weighted by atomic mass is 10.3. The molecule has 0 aliphatic heterocycles. The summed E-state index contributed by atoms with van der Waals surface area (Å²) in [5.74, 6) is 0. The Morgan fingerprint density at radius 1 is 1.00 bits per heavy atom. The highest BCUT2D eigenvalue weighted by Crippen LogP contribution is 2.02. The van der Waals surface area contributed by atoms with E-state index in [0.29, 0.717) is 0 Å². The van der Waals surface area contributed by atoms with E-state index in [9.17, 15) is 0 Å². The average Bonchev–Trinajstić information content (AvgIpc) is 2.04. The third-order valence-electron chi connectivity index (χ3n) is 1.80. The van der Waals surface area contributed by atoms with Crippen molar-refractivity contribution in [3.05, 3.63) is 0 Å². The van der Waals surface area contributed by atoms with Crippen molar-refractivity contribution in [1.82, 2.24) is 4.90 Å². The molecule has 0 heterocycles. The smallest absolute Gasteiger partial charge is 0.0779 e. The molecule has 0 rings (SSSR count). The summed E-state index contributed by atoms with van der Waals surface area (Å²) in [4.78, 5) is 3.50. The summed E-state index contributed by atoms with van der Waals surface area (Å²) in [5, 5.41) is 0. The molecule has 0 spiro atoms. The van der Waals surface area contributed by atoms with Crippen LogP contribution in [-0.4, -0.2) is 23.0 Å². The van der Waals surface area contributed by atoms with Gasteiger partial charge in [0.25, 0.3) is 0 Å². The summed E-state index contributed by atoms with van der Waals surface area (Å²) in [5.41, 5.74) is 0. The van der Waals surface area contributed by atoms with Crippen molar-refractivity contribution in [2.45, 2.75) is 46.5 Å². The van der Waals surface area contributed by atoms with Gasteiger partial charge in [-0.1, -0.05) is 33.0 Å². The molecule has 0 amide bonds. The normalized spacial score (nSPS) is 9.92. The van der Waals surface area contributed by atoms with Gasteiger partial charge in [0.15, 0.2) is 0 Å². The van der Waals surface area contributed by atoms with Gasteiger partial charge in [-0.15, -0.1) is 0 Å². The SMILES string of the molecule is CCCC(=S)N(CCC)CCC. The third-order valence-corrected chi connectivity index (χ3v) is 2.27. The van der Waals surface area contributed by atoms with Crippen molar-refractivity contribution < 1.29 is 0 Å². The molecular weight excluding hydrogens is 166 g/mol. The van der Waals surface area contributed by atoms with E-state index in [1.54, 1.807) is 0 Å². The summed E-state index contributed by atoms with van der Waals surface area (Å²) in [7, 11) is 0. The Hall–Kier alpha value is -0.110. The highest BCUT2D eigenvalue weighted by atomic mass is 32.1. The standard InChI is InChI=1S/C10H21NS/c1-4-7-10(12)11(8-5-2)9-6-3/h4-9H2,1-3H3. The molecule has 2 heteroatoms. The fourth-order valence-electron chi connectivity index (χ4n) is 1.27. The van der Waals surface area contributed by atoms with E-state index < -0.39 is 0 Å². The molecule has 0 radical (unpaired) electrons. The summed E-state index contributed by atoms with van der Waals surface area (Å²) in [6.07, 6.45) is 4.64. The van der Waals surface area contributed by atoms with Crippen LogP contribution in [0, 0.1) is 0 Å². The van der Waals surface area contributed by atoms with Gasteiger partial charge in [-0.2, -0.15) is 0 Å². The van der Waals surface area contributed by atoms with Gasteiger partial charge in [0.05, 0.1) is 4.99 Å². The maximum absolute atomic E-state index is 5.33. The number of hydrogen-bond donors (Lipinski definition) is 0. The van der Waals surface area contributed by atoms with Gasteiger partial charge in [-0.3, -0.25) is 0 Å². The number of rotatable bonds is 6. The molecule has 0 bridgehead atoms. The van der Waals surface area contributed by atoms with E-state index in [0.717, 1.165) is 24.5 Å². The molecule has 0 aromatic heterocycles. The largest absolute Gasteiger partial charge is 0.366 e. The van der Waals surface area contributed by atoms with Gasteiger partial charge in [-0.25, -0.2) is 0 Å². The van der Waals surface area contributed by atoms with Crippen molar-refractivity contribution in [2.24, 2.45) is 0 Å². The Labute approximate surface area is 82.1 Å². The number of hydrogen-bond acceptors (Lipinski definition) is 1. The van der Waals surface area contributed by atoms with Gasteiger partial charge < -0.3 is 4.90 Å². The Bertz CT molecular complexity index is 117. The lowest BCUT2D eigenvalue weighted by Gasteiger charge is -2.23. The third kappa shape index (κ3) is 4.70.